The fraction of sp³-hybridized carbons (Fsp3) is 0.217. The van der Waals surface area contributed by atoms with Crippen molar-refractivity contribution in [1.29, 1.82) is 0 Å². The number of amides is 1. The molecule has 0 fully saturated rings. The van der Waals surface area contributed by atoms with Crippen LogP contribution in [0.2, 0.25) is 5.02 Å². The van der Waals surface area contributed by atoms with E-state index in [2.05, 4.69) is 32.0 Å². The van der Waals surface area contributed by atoms with Gasteiger partial charge in [0.15, 0.2) is 11.0 Å². The Morgan fingerprint density at radius 2 is 1.94 bits per heavy atom. The van der Waals surface area contributed by atoms with E-state index in [0.717, 1.165) is 45.0 Å². The Morgan fingerprint density at radius 3 is 2.69 bits per heavy atom. The van der Waals surface area contributed by atoms with Gasteiger partial charge in [-0.25, -0.2) is 4.98 Å². The van der Waals surface area contributed by atoms with Crippen molar-refractivity contribution in [3.8, 4) is 11.4 Å². The lowest BCUT2D eigenvalue weighted by atomic mass is 10.2. The molecule has 0 unspecified atom stereocenters. The van der Waals surface area contributed by atoms with Gasteiger partial charge in [-0.05, 0) is 49.7 Å². The van der Waals surface area contributed by atoms with Crippen LogP contribution in [-0.4, -0.2) is 25.7 Å². The maximum absolute atomic E-state index is 12.4. The molecular formula is C23H22ClN5OS2. The van der Waals surface area contributed by atoms with Gasteiger partial charge in [0, 0.05) is 34.0 Å². The summed E-state index contributed by atoms with van der Waals surface area (Å²) in [5.74, 6) is 1.42. The zero-order chi connectivity index (χ0) is 22.5. The van der Waals surface area contributed by atoms with Crippen LogP contribution in [0.1, 0.15) is 23.2 Å². The van der Waals surface area contributed by atoms with Crippen molar-refractivity contribution in [2.24, 2.45) is 0 Å². The summed E-state index contributed by atoms with van der Waals surface area (Å²) in [7, 11) is 0. The van der Waals surface area contributed by atoms with Crippen molar-refractivity contribution in [3.05, 3.63) is 75.2 Å². The van der Waals surface area contributed by atoms with Crippen molar-refractivity contribution >= 4 is 46.3 Å². The number of thioether (sulfide) groups is 1. The minimum absolute atomic E-state index is 0.0637. The zero-order valence-electron chi connectivity index (χ0n) is 17.7. The molecule has 0 atom stereocenters. The Kier molecular flexibility index (Phi) is 7.24. The molecular weight excluding hydrogens is 462 g/mol. The third kappa shape index (κ3) is 5.38. The normalized spacial score (nSPS) is 11.0. The molecule has 164 valence electrons. The lowest BCUT2D eigenvalue weighted by Gasteiger charge is -2.07. The first-order chi connectivity index (χ1) is 15.5. The summed E-state index contributed by atoms with van der Waals surface area (Å²) in [6.07, 6.45) is 0.259. The standard InChI is InChI=1S/C23H22ClN5OS2/c1-3-29-22(16-8-10-17(24)11-9-16)27-28-23(29)32-14-18-13-31-21(25-18)12-20(30)26-19-7-5-4-6-15(19)2/h4-11,13H,3,12,14H2,1-2H3,(H,26,30). The number of hydrogen-bond acceptors (Lipinski definition) is 6. The van der Waals surface area contributed by atoms with Gasteiger partial charge < -0.3 is 9.88 Å². The van der Waals surface area contributed by atoms with Crippen LogP contribution in [0, 0.1) is 6.92 Å². The van der Waals surface area contributed by atoms with Gasteiger partial charge in [-0.1, -0.05) is 41.6 Å². The molecule has 0 aliphatic rings. The highest BCUT2D eigenvalue weighted by Gasteiger charge is 2.15. The van der Waals surface area contributed by atoms with Crippen molar-refractivity contribution < 1.29 is 4.79 Å². The minimum atomic E-state index is -0.0637. The molecule has 2 aromatic heterocycles. The predicted octanol–water partition coefficient (Wildman–Crippen LogP) is 5.86. The predicted molar refractivity (Wildman–Crippen MR) is 131 cm³/mol. The average Bonchev–Trinajstić information content (AvgIpc) is 3.40. The third-order valence-corrected chi connectivity index (χ3v) is 6.96. The summed E-state index contributed by atoms with van der Waals surface area (Å²) in [4.78, 5) is 17.0. The SMILES string of the molecule is CCn1c(SCc2csc(CC(=O)Nc3ccccc3C)n2)nnc1-c1ccc(Cl)cc1. The van der Waals surface area contributed by atoms with E-state index in [-0.39, 0.29) is 12.3 Å². The van der Waals surface area contributed by atoms with Crippen LogP contribution >= 0.6 is 34.7 Å². The number of nitrogens with one attached hydrogen (secondary N) is 1. The number of carbonyl (C=O) groups excluding carboxylic acids is 1. The molecule has 32 heavy (non-hydrogen) atoms. The number of para-hydroxylation sites is 1. The Hall–Kier alpha value is -2.68. The van der Waals surface area contributed by atoms with Crippen LogP contribution in [0.5, 0.6) is 0 Å². The first kappa shape index (κ1) is 22.5. The van der Waals surface area contributed by atoms with Crippen molar-refractivity contribution in [1.82, 2.24) is 19.7 Å². The van der Waals surface area contributed by atoms with E-state index < -0.39 is 0 Å². The highest BCUT2D eigenvalue weighted by molar-refractivity contribution is 7.98. The smallest absolute Gasteiger partial charge is 0.231 e. The van der Waals surface area contributed by atoms with Crippen molar-refractivity contribution in [2.45, 2.75) is 37.7 Å². The maximum atomic E-state index is 12.4. The second-order valence-electron chi connectivity index (χ2n) is 7.12. The fourth-order valence-electron chi connectivity index (χ4n) is 3.17. The number of anilines is 1. The van der Waals surface area contributed by atoms with E-state index in [9.17, 15) is 4.79 Å². The summed E-state index contributed by atoms with van der Waals surface area (Å²) in [6, 6.07) is 15.3. The largest absolute Gasteiger partial charge is 0.325 e. The number of carbonyl (C=O) groups is 1. The first-order valence-corrected chi connectivity index (χ1v) is 12.4. The summed E-state index contributed by atoms with van der Waals surface area (Å²) in [5.41, 5.74) is 3.78. The van der Waals surface area contributed by atoms with E-state index in [4.69, 9.17) is 11.6 Å². The van der Waals surface area contributed by atoms with Gasteiger partial charge in [0.2, 0.25) is 5.91 Å². The number of halogens is 1. The molecule has 2 heterocycles. The lowest BCUT2D eigenvalue weighted by molar-refractivity contribution is -0.115. The highest BCUT2D eigenvalue weighted by Crippen LogP contribution is 2.27. The molecule has 2 aromatic carbocycles. The second-order valence-corrected chi connectivity index (χ2v) is 9.44. The van der Waals surface area contributed by atoms with E-state index in [0.29, 0.717) is 10.8 Å². The molecule has 0 saturated heterocycles. The van der Waals surface area contributed by atoms with Crippen molar-refractivity contribution in [3.63, 3.8) is 0 Å². The van der Waals surface area contributed by atoms with Crippen LogP contribution in [-0.2, 0) is 23.5 Å². The van der Waals surface area contributed by atoms with Crippen molar-refractivity contribution in [2.75, 3.05) is 5.32 Å². The summed E-state index contributed by atoms with van der Waals surface area (Å²) in [6.45, 7) is 4.80. The lowest BCUT2D eigenvalue weighted by Crippen LogP contribution is -2.15. The number of hydrogen-bond donors (Lipinski definition) is 1. The van der Waals surface area contributed by atoms with Gasteiger partial charge in [0.1, 0.15) is 5.01 Å². The van der Waals surface area contributed by atoms with Crippen LogP contribution in [0.4, 0.5) is 5.69 Å². The molecule has 0 saturated carbocycles. The molecule has 4 aromatic rings. The second kappa shape index (κ2) is 10.3. The van der Waals surface area contributed by atoms with Gasteiger partial charge in [-0.3, -0.25) is 4.79 Å². The number of benzene rings is 2. The van der Waals surface area contributed by atoms with Gasteiger partial charge >= 0.3 is 0 Å². The van der Waals surface area contributed by atoms with Gasteiger partial charge in [-0.15, -0.1) is 21.5 Å². The number of nitrogens with zero attached hydrogens (tertiary/aromatic N) is 4. The fourth-order valence-corrected chi connectivity index (χ4v) is 5.09. The Morgan fingerprint density at radius 1 is 1.16 bits per heavy atom. The molecule has 0 aliphatic heterocycles. The first-order valence-electron chi connectivity index (χ1n) is 10.1. The third-order valence-electron chi connectivity index (χ3n) is 4.81. The molecule has 1 amide bonds. The molecule has 9 heteroatoms. The van der Waals surface area contributed by atoms with E-state index in [1.807, 2.05) is 60.8 Å². The molecule has 0 radical (unpaired) electrons. The molecule has 6 nitrogen and oxygen atoms in total. The number of aryl methyl sites for hydroxylation is 1. The number of thiazole rings is 1. The average molecular weight is 484 g/mol. The topological polar surface area (TPSA) is 72.7 Å². The molecule has 4 rings (SSSR count). The van der Waals surface area contributed by atoms with Gasteiger partial charge in [-0.2, -0.15) is 0 Å². The van der Waals surface area contributed by atoms with E-state index >= 15 is 0 Å². The highest BCUT2D eigenvalue weighted by atomic mass is 35.5. The molecule has 1 N–H and O–H groups in total. The summed E-state index contributed by atoms with van der Waals surface area (Å²) in [5, 5.41) is 16.0. The van der Waals surface area contributed by atoms with E-state index in [1.165, 1.54) is 11.3 Å². The Labute approximate surface area is 200 Å². The zero-order valence-corrected chi connectivity index (χ0v) is 20.1. The number of aromatic nitrogens is 4. The minimum Gasteiger partial charge on any atom is -0.325 e. The molecule has 0 aliphatic carbocycles. The Balaban J connectivity index is 1.37. The summed E-state index contributed by atoms with van der Waals surface area (Å²) >= 11 is 9.09. The van der Waals surface area contributed by atoms with Gasteiger partial charge in [0.25, 0.3) is 0 Å². The molecule has 0 spiro atoms. The van der Waals surface area contributed by atoms with Crippen LogP contribution in [0.15, 0.2) is 59.1 Å². The van der Waals surface area contributed by atoms with Crippen LogP contribution < -0.4 is 5.32 Å². The Bertz CT molecular complexity index is 1220. The monoisotopic (exact) mass is 483 g/mol. The van der Waals surface area contributed by atoms with Gasteiger partial charge in [0.05, 0.1) is 12.1 Å². The molecule has 0 bridgehead atoms. The maximum Gasteiger partial charge on any atom is 0.231 e. The van der Waals surface area contributed by atoms with Crippen LogP contribution in [0.3, 0.4) is 0 Å². The van der Waals surface area contributed by atoms with E-state index in [1.54, 1.807) is 11.8 Å². The van der Waals surface area contributed by atoms with Crippen LogP contribution in [0.25, 0.3) is 11.4 Å². The quantitative estimate of drug-likeness (QED) is 0.318. The summed E-state index contributed by atoms with van der Waals surface area (Å²) < 4.78 is 2.08. The number of rotatable bonds is 8.